The number of halogens is 2. The number of hydrogen-bond acceptors (Lipinski definition) is 3. The molecule has 104 valence electrons. The monoisotopic (exact) mass is 284 g/mol. The maximum absolute atomic E-state index is 14.4. The van der Waals surface area contributed by atoms with Gasteiger partial charge in [0.15, 0.2) is 11.4 Å². The molecule has 5 heteroatoms. The number of furan rings is 1. The molecule has 0 spiro atoms. The molecule has 1 aromatic carbocycles. The van der Waals surface area contributed by atoms with Gasteiger partial charge in [-0.3, -0.25) is 0 Å². The fraction of sp³-hybridized carbons (Fsp3) is 0.429. The first-order chi connectivity index (χ1) is 8.66. The van der Waals surface area contributed by atoms with Crippen LogP contribution < -0.4 is 10.2 Å². The number of nitrogens with one attached hydrogen (secondary N) is 1. The van der Waals surface area contributed by atoms with Crippen molar-refractivity contribution >= 4 is 29.1 Å². The fourth-order valence-corrected chi connectivity index (χ4v) is 2.63. The van der Waals surface area contributed by atoms with Gasteiger partial charge in [-0.1, -0.05) is 0 Å². The molecule has 2 heterocycles. The molecule has 0 unspecified atom stereocenters. The van der Waals surface area contributed by atoms with Gasteiger partial charge in [0.25, 0.3) is 0 Å². The number of anilines is 1. The van der Waals surface area contributed by atoms with E-state index in [4.69, 9.17) is 4.42 Å². The Morgan fingerprint density at radius 2 is 2.26 bits per heavy atom. The van der Waals surface area contributed by atoms with E-state index in [1.54, 1.807) is 13.2 Å². The summed E-state index contributed by atoms with van der Waals surface area (Å²) in [6.07, 6.45) is 1.62. The van der Waals surface area contributed by atoms with E-state index in [0.29, 0.717) is 22.9 Å². The number of benzene rings is 1. The predicted octanol–water partition coefficient (Wildman–Crippen LogP) is 3.10. The molecule has 3 rings (SSSR count). The van der Waals surface area contributed by atoms with Gasteiger partial charge in [-0.25, -0.2) is 4.39 Å². The van der Waals surface area contributed by atoms with Gasteiger partial charge < -0.3 is 14.6 Å². The van der Waals surface area contributed by atoms with Gasteiger partial charge in [0.1, 0.15) is 5.69 Å². The average molecular weight is 285 g/mol. The summed E-state index contributed by atoms with van der Waals surface area (Å²) < 4.78 is 19.9. The second kappa shape index (κ2) is 5.39. The molecule has 0 saturated carbocycles. The molecule has 3 nitrogen and oxygen atoms in total. The summed E-state index contributed by atoms with van der Waals surface area (Å²) in [5, 5.41) is 4.33. The molecule has 1 N–H and O–H groups in total. The first-order valence-corrected chi connectivity index (χ1v) is 6.31. The van der Waals surface area contributed by atoms with E-state index in [1.807, 2.05) is 12.1 Å². The highest BCUT2D eigenvalue weighted by atomic mass is 35.5. The topological polar surface area (TPSA) is 28.4 Å². The summed E-state index contributed by atoms with van der Waals surface area (Å²) in [5.74, 6) is -0.161. The van der Waals surface area contributed by atoms with Crippen molar-refractivity contribution in [2.75, 3.05) is 24.5 Å². The Morgan fingerprint density at radius 3 is 3.00 bits per heavy atom. The minimum absolute atomic E-state index is 0. The van der Waals surface area contributed by atoms with Crippen LogP contribution in [0.25, 0.3) is 11.0 Å². The summed E-state index contributed by atoms with van der Waals surface area (Å²) in [7, 11) is 0. The highest BCUT2D eigenvalue weighted by molar-refractivity contribution is 5.90. The van der Waals surface area contributed by atoms with E-state index in [0.717, 1.165) is 25.0 Å². The van der Waals surface area contributed by atoms with Crippen LogP contribution in [-0.4, -0.2) is 25.7 Å². The largest absolute Gasteiger partial charge is 0.462 e. The molecule has 2 aromatic rings. The zero-order chi connectivity index (χ0) is 12.7. The highest BCUT2D eigenvalue weighted by Crippen LogP contribution is 2.33. The first-order valence-electron chi connectivity index (χ1n) is 6.31. The summed E-state index contributed by atoms with van der Waals surface area (Å²) >= 11 is 0. The van der Waals surface area contributed by atoms with Crippen molar-refractivity contribution in [3.8, 4) is 0 Å². The Hall–Kier alpha value is -1.26. The lowest BCUT2D eigenvalue weighted by Gasteiger charge is -2.34. The van der Waals surface area contributed by atoms with Crippen LogP contribution in [0.2, 0.25) is 0 Å². The molecule has 1 atom stereocenters. The van der Waals surface area contributed by atoms with Crippen LogP contribution >= 0.6 is 12.4 Å². The van der Waals surface area contributed by atoms with Crippen LogP contribution in [0.1, 0.15) is 12.5 Å². The maximum Gasteiger partial charge on any atom is 0.160 e. The minimum atomic E-state index is -0.161. The smallest absolute Gasteiger partial charge is 0.160 e. The lowest BCUT2D eigenvalue weighted by atomic mass is 10.1. The van der Waals surface area contributed by atoms with Gasteiger partial charge in [-0.2, -0.15) is 0 Å². The third-order valence-corrected chi connectivity index (χ3v) is 3.52. The molecular weight excluding hydrogens is 267 g/mol. The van der Waals surface area contributed by atoms with Crippen molar-refractivity contribution in [3.05, 3.63) is 29.8 Å². The Morgan fingerprint density at radius 1 is 1.47 bits per heavy atom. The lowest BCUT2D eigenvalue weighted by Crippen LogP contribution is -2.49. The van der Waals surface area contributed by atoms with Crippen molar-refractivity contribution in [1.29, 1.82) is 0 Å². The molecule has 1 aliphatic heterocycles. The van der Waals surface area contributed by atoms with Crippen LogP contribution in [0, 0.1) is 12.7 Å². The number of fused-ring (bicyclic) bond motifs is 1. The van der Waals surface area contributed by atoms with E-state index in [1.165, 1.54) is 0 Å². The predicted molar refractivity (Wildman–Crippen MR) is 77.8 cm³/mol. The van der Waals surface area contributed by atoms with Crippen LogP contribution in [-0.2, 0) is 0 Å². The molecule has 1 aromatic heterocycles. The number of rotatable bonds is 1. The van der Waals surface area contributed by atoms with Crippen molar-refractivity contribution in [1.82, 2.24) is 5.32 Å². The summed E-state index contributed by atoms with van der Waals surface area (Å²) in [6, 6.07) is 4.09. The van der Waals surface area contributed by atoms with Gasteiger partial charge in [0.2, 0.25) is 0 Å². The van der Waals surface area contributed by atoms with Gasteiger partial charge >= 0.3 is 0 Å². The molecule has 0 aliphatic carbocycles. The number of nitrogens with zero attached hydrogens (tertiary/aromatic N) is 1. The van der Waals surface area contributed by atoms with Crippen LogP contribution in [0.15, 0.2) is 22.8 Å². The van der Waals surface area contributed by atoms with Gasteiger partial charge in [0, 0.05) is 31.1 Å². The third kappa shape index (κ3) is 2.42. The molecule has 0 amide bonds. The van der Waals surface area contributed by atoms with E-state index >= 15 is 0 Å². The highest BCUT2D eigenvalue weighted by Gasteiger charge is 2.23. The van der Waals surface area contributed by atoms with Crippen molar-refractivity contribution in [2.45, 2.75) is 19.9 Å². The zero-order valence-corrected chi connectivity index (χ0v) is 11.9. The molecule has 1 fully saturated rings. The number of piperazine rings is 1. The molecule has 1 aliphatic rings. The second-order valence-electron chi connectivity index (χ2n) is 5.00. The molecule has 19 heavy (non-hydrogen) atoms. The summed E-state index contributed by atoms with van der Waals surface area (Å²) in [4.78, 5) is 2.08. The molecule has 1 saturated heterocycles. The quantitative estimate of drug-likeness (QED) is 0.872. The first kappa shape index (κ1) is 14.2. The van der Waals surface area contributed by atoms with Crippen molar-refractivity contribution in [2.24, 2.45) is 0 Å². The lowest BCUT2D eigenvalue weighted by molar-refractivity contribution is 0.476. The van der Waals surface area contributed by atoms with E-state index in [-0.39, 0.29) is 18.2 Å². The SMILES string of the molecule is Cc1cc2ccoc2c(N2CCN[C@@H](C)C2)c1F.Cl. The van der Waals surface area contributed by atoms with Crippen molar-refractivity contribution < 1.29 is 8.81 Å². The molecule has 0 bridgehead atoms. The maximum atomic E-state index is 14.4. The zero-order valence-electron chi connectivity index (χ0n) is 11.1. The normalized spacial score (nSPS) is 19.5. The number of aryl methyl sites for hydroxylation is 1. The molecule has 0 radical (unpaired) electrons. The van der Waals surface area contributed by atoms with Crippen LogP contribution in [0.5, 0.6) is 0 Å². The van der Waals surface area contributed by atoms with Crippen LogP contribution in [0.3, 0.4) is 0 Å². The second-order valence-corrected chi connectivity index (χ2v) is 5.00. The minimum Gasteiger partial charge on any atom is -0.462 e. The van der Waals surface area contributed by atoms with E-state index in [2.05, 4.69) is 17.1 Å². The Balaban J connectivity index is 0.00000133. The Labute approximate surface area is 118 Å². The standard InChI is InChI=1S/C14H17FN2O.ClH/c1-9-7-11-3-6-18-14(11)13(12(9)15)17-5-4-16-10(2)8-17;/h3,6-7,10,16H,4-5,8H2,1-2H3;1H/t10-;/m0./s1. The van der Waals surface area contributed by atoms with Gasteiger partial charge in [-0.15, -0.1) is 12.4 Å². The summed E-state index contributed by atoms with van der Waals surface area (Å²) in [5.41, 5.74) is 1.95. The Kier molecular flexibility index (Phi) is 4.02. The van der Waals surface area contributed by atoms with Crippen molar-refractivity contribution in [3.63, 3.8) is 0 Å². The number of hydrogen-bond donors (Lipinski definition) is 1. The third-order valence-electron chi connectivity index (χ3n) is 3.52. The Bertz CT molecular complexity index is 584. The summed E-state index contributed by atoms with van der Waals surface area (Å²) in [6.45, 7) is 6.39. The van der Waals surface area contributed by atoms with E-state index < -0.39 is 0 Å². The van der Waals surface area contributed by atoms with Crippen LogP contribution in [0.4, 0.5) is 10.1 Å². The van der Waals surface area contributed by atoms with Gasteiger partial charge in [0.05, 0.1) is 6.26 Å². The van der Waals surface area contributed by atoms with E-state index in [9.17, 15) is 4.39 Å². The fourth-order valence-electron chi connectivity index (χ4n) is 2.63. The van der Waals surface area contributed by atoms with Gasteiger partial charge in [-0.05, 0) is 31.5 Å². The average Bonchev–Trinajstić information content (AvgIpc) is 2.78. The molecular formula is C14H18ClFN2O.